The first-order chi connectivity index (χ1) is 17.2. The third-order valence-corrected chi connectivity index (χ3v) is 7.50. The summed E-state index contributed by atoms with van der Waals surface area (Å²) in [6.45, 7) is 2.26. The number of carbonyl (C=O) groups excluding carboxylic acids is 1. The summed E-state index contributed by atoms with van der Waals surface area (Å²) in [5, 5.41) is 10.5. The van der Waals surface area contributed by atoms with Gasteiger partial charge in [0, 0.05) is 42.1 Å². The fraction of sp³-hybridized carbons (Fsp3) is 0.417. The minimum absolute atomic E-state index is 0.168. The van der Waals surface area contributed by atoms with Crippen LogP contribution in [0.25, 0.3) is 0 Å². The number of rotatable bonds is 5. The second kappa shape index (κ2) is 9.64. The normalized spacial score (nSPS) is 18.9. The van der Waals surface area contributed by atoms with Gasteiger partial charge in [0.05, 0.1) is 10.7 Å². The van der Waals surface area contributed by atoms with Crippen molar-refractivity contribution in [2.45, 2.75) is 50.9 Å². The number of alkyl halides is 3. The van der Waals surface area contributed by atoms with Crippen molar-refractivity contribution in [1.82, 2.24) is 19.7 Å². The predicted octanol–water partition coefficient (Wildman–Crippen LogP) is 5.08. The van der Waals surface area contributed by atoms with Crippen molar-refractivity contribution in [2.24, 2.45) is 5.16 Å². The minimum Gasteiger partial charge on any atom is -0.387 e. The molecule has 2 aromatic heterocycles. The number of benzene rings is 1. The molecular formula is C24H23F4N5O2S. The Morgan fingerprint density at radius 1 is 1.22 bits per heavy atom. The van der Waals surface area contributed by atoms with Crippen LogP contribution in [0.4, 0.5) is 17.6 Å². The van der Waals surface area contributed by atoms with Gasteiger partial charge in [-0.15, -0.1) is 11.3 Å². The molecule has 2 aliphatic heterocycles. The van der Waals surface area contributed by atoms with Gasteiger partial charge in [-0.2, -0.15) is 18.3 Å². The van der Waals surface area contributed by atoms with Crippen LogP contribution < -0.4 is 0 Å². The van der Waals surface area contributed by atoms with E-state index in [2.05, 4.69) is 10.3 Å². The Kier molecular flexibility index (Phi) is 6.54. The Morgan fingerprint density at radius 3 is 2.67 bits per heavy atom. The molecule has 2 aliphatic rings. The van der Waals surface area contributed by atoms with Crippen molar-refractivity contribution < 1.29 is 27.2 Å². The van der Waals surface area contributed by atoms with Gasteiger partial charge in [-0.05, 0) is 31.9 Å². The molecule has 1 fully saturated rings. The van der Waals surface area contributed by atoms with E-state index in [4.69, 9.17) is 9.82 Å². The van der Waals surface area contributed by atoms with E-state index in [9.17, 15) is 22.4 Å². The molecule has 5 rings (SSSR count). The second-order valence-electron chi connectivity index (χ2n) is 8.91. The van der Waals surface area contributed by atoms with Crippen LogP contribution in [-0.2, 0) is 22.4 Å². The first-order valence-electron chi connectivity index (χ1n) is 11.5. The molecule has 0 saturated carbocycles. The van der Waals surface area contributed by atoms with Gasteiger partial charge in [0.1, 0.15) is 18.1 Å². The molecule has 4 heterocycles. The number of hydrogen-bond donors (Lipinski definition) is 0. The number of piperidine rings is 1. The molecule has 36 heavy (non-hydrogen) atoms. The van der Waals surface area contributed by atoms with Gasteiger partial charge in [0.15, 0.2) is 11.8 Å². The molecule has 0 aliphatic carbocycles. The van der Waals surface area contributed by atoms with Gasteiger partial charge >= 0.3 is 6.18 Å². The fourth-order valence-corrected chi connectivity index (χ4v) is 5.45. The van der Waals surface area contributed by atoms with Gasteiger partial charge in [-0.3, -0.25) is 9.48 Å². The van der Waals surface area contributed by atoms with Crippen molar-refractivity contribution in [3.8, 4) is 0 Å². The fourth-order valence-electron chi connectivity index (χ4n) is 4.45. The zero-order valence-corrected chi connectivity index (χ0v) is 20.2. The lowest BCUT2D eigenvalue weighted by atomic mass is 9.97. The number of halogens is 4. The number of aromatic nitrogens is 3. The largest absolute Gasteiger partial charge is 0.435 e. The Morgan fingerprint density at radius 2 is 1.97 bits per heavy atom. The molecule has 0 unspecified atom stereocenters. The van der Waals surface area contributed by atoms with Crippen LogP contribution in [0.5, 0.6) is 0 Å². The van der Waals surface area contributed by atoms with Gasteiger partial charge in [0.25, 0.3) is 0 Å². The molecule has 190 valence electrons. The summed E-state index contributed by atoms with van der Waals surface area (Å²) in [5.41, 5.74) is 1.14. The lowest BCUT2D eigenvalue weighted by molar-refractivity contribution is -0.142. The maximum Gasteiger partial charge on any atom is 0.435 e. The van der Waals surface area contributed by atoms with Crippen molar-refractivity contribution in [2.75, 3.05) is 13.1 Å². The highest BCUT2D eigenvalue weighted by Crippen LogP contribution is 2.34. The number of hydrogen-bond acceptors (Lipinski definition) is 6. The Balaban J connectivity index is 1.16. The molecule has 1 amide bonds. The number of aryl methyl sites for hydroxylation is 1. The number of amides is 1. The van der Waals surface area contributed by atoms with E-state index in [0.717, 1.165) is 15.8 Å². The van der Waals surface area contributed by atoms with Crippen molar-refractivity contribution in [3.63, 3.8) is 0 Å². The average Bonchev–Trinajstić information content (AvgIpc) is 3.59. The Labute approximate surface area is 208 Å². The molecule has 1 aromatic carbocycles. The van der Waals surface area contributed by atoms with Crippen molar-refractivity contribution >= 4 is 23.0 Å². The number of oxime groups is 1. The molecule has 12 heteroatoms. The van der Waals surface area contributed by atoms with Gasteiger partial charge in [-0.1, -0.05) is 23.4 Å². The number of thiazole rings is 1. The summed E-state index contributed by atoms with van der Waals surface area (Å²) >= 11 is 1.52. The number of likely N-dealkylation sites (tertiary alicyclic amines) is 1. The number of nitrogens with zero attached hydrogens (tertiary/aromatic N) is 5. The summed E-state index contributed by atoms with van der Waals surface area (Å²) in [6.07, 6.45) is -3.19. The first-order valence-corrected chi connectivity index (χ1v) is 12.4. The van der Waals surface area contributed by atoms with E-state index >= 15 is 0 Å². The van der Waals surface area contributed by atoms with Crippen LogP contribution in [0, 0.1) is 12.7 Å². The quantitative estimate of drug-likeness (QED) is 0.439. The zero-order valence-electron chi connectivity index (χ0n) is 19.3. The van der Waals surface area contributed by atoms with Crippen LogP contribution in [0.1, 0.15) is 58.9 Å². The molecule has 0 spiro atoms. The predicted molar refractivity (Wildman–Crippen MR) is 124 cm³/mol. The SMILES string of the molecule is Cc1cc(C(F)(F)F)nn1CC(=O)N1CCC(c2nc(C3=NO[C@@H](c4ccccc4F)C3)cs2)CC1. The van der Waals surface area contributed by atoms with Gasteiger partial charge in [-0.25, -0.2) is 9.37 Å². The monoisotopic (exact) mass is 521 g/mol. The number of carbonyl (C=O) groups is 1. The van der Waals surface area contributed by atoms with E-state index in [1.54, 1.807) is 23.1 Å². The van der Waals surface area contributed by atoms with Gasteiger partial charge in [0.2, 0.25) is 5.91 Å². The highest BCUT2D eigenvalue weighted by molar-refractivity contribution is 7.10. The molecule has 0 N–H and O–H groups in total. The standard InChI is InChI=1S/C24H23F4N5O2S/c1-14-10-21(24(26,27)28)30-33(14)12-22(34)32-8-6-15(7-9-32)23-29-19(13-36-23)18-11-20(35-31-18)16-4-2-3-5-17(16)25/h2-5,10,13,15,20H,6-9,11-12H2,1H3/t20-/m1/s1. The minimum atomic E-state index is -4.54. The lowest BCUT2D eigenvalue weighted by Crippen LogP contribution is -2.40. The lowest BCUT2D eigenvalue weighted by Gasteiger charge is -2.31. The van der Waals surface area contributed by atoms with Crippen LogP contribution in [0.2, 0.25) is 0 Å². The molecule has 7 nitrogen and oxygen atoms in total. The molecule has 1 saturated heterocycles. The second-order valence-corrected chi connectivity index (χ2v) is 9.80. The van der Waals surface area contributed by atoms with Crippen molar-refractivity contribution in [3.05, 3.63) is 69.2 Å². The molecule has 3 aromatic rings. The van der Waals surface area contributed by atoms with Crippen LogP contribution in [-0.4, -0.2) is 44.4 Å². The summed E-state index contributed by atoms with van der Waals surface area (Å²) in [4.78, 5) is 24.5. The molecule has 0 bridgehead atoms. The Bertz CT molecular complexity index is 1290. The highest BCUT2D eigenvalue weighted by Gasteiger charge is 2.35. The van der Waals surface area contributed by atoms with Crippen LogP contribution in [0.3, 0.4) is 0 Å². The van der Waals surface area contributed by atoms with E-state index in [1.807, 2.05) is 5.38 Å². The summed E-state index contributed by atoms with van der Waals surface area (Å²) in [7, 11) is 0. The summed E-state index contributed by atoms with van der Waals surface area (Å²) < 4.78 is 53.8. The maximum atomic E-state index is 14.1. The maximum absolute atomic E-state index is 14.1. The Hall–Kier alpha value is -3.28. The smallest absolute Gasteiger partial charge is 0.387 e. The van der Waals surface area contributed by atoms with Crippen LogP contribution in [0.15, 0.2) is 40.9 Å². The van der Waals surface area contributed by atoms with E-state index in [1.165, 1.54) is 24.3 Å². The molecule has 0 radical (unpaired) electrons. The van der Waals surface area contributed by atoms with Gasteiger partial charge < -0.3 is 9.74 Å². The van der Waals surface area contributed by atoms with E-state index < -0.39 is 18.0 Å². The van der Waals surface area contributed by atoms with E-state index in [0.29, 0.717) is 49.3 Å². The van der Waals surface area contributed by atoms with E-state index in [-0.39, 0.29) is 29.9 Å². The highest BCUT2D eigenvalue weighted by atomic mass is 32.1. The average molecular weight is 522 g/mol. The summed E-state index contributed by atoms with van der Waals surface area (Å²) in [5.74, 6) is -0.422. The molecular weight excluding hydrogens is 498 g/mol. The zero-order chi connectivity index (χ0) is 25.4. The van der Waals surface area contributed by atoms with Crippen LogP contribution >= 0.6 is 11.3 Å². The summed E-state index contributed by atoms with van der Waals surface area (Å²) in [6, 6.07) is 7.41. The third kappa shape index (κ3) is 4.99. The molecule has 1 atom stereocenters. The first kappa shape index (κ1) is 24.4. The van der Waals surface area contributed by atoms with Crippen molar-refractivity contribution in [1.29, 1.82) is 0 Å². The third-order valence-electron chi connectivity index (χ3n) is 6.49. The topological polar surface area (TPSA) is 72.6 Å².